The molecule has 0 aliphatic carbocycles. The molecule has 4 nitrogen and oxygen atoms in total. The highest BCUT2D eigenvalue weighted by Crippen LogP contribution is 2.13. The van der Waals surface area contributed by atoms with Crippen LogP contribution in [0.2, 0.25) is 0 Å². The number of anilines is 1. The molecule has 0 saturated carbocycles. The van der Waals surface area contributed by atoms with Crippen molar-refractivity contribution in [1.82, 2.24) is 0 Å². The third kappa shape index (κ3) is 6.39. The Bertz CT molecular complexity index is 354. The third-order valence-corrected chi connectivity index (χ3v) is 3.31. The highest BCUT2D eigenvalue weighted by molar-refractivity contribution is 7.99. The molecule has 0 bridgehead atoms. The van der Waals surface area contributed by atoms with Crippen molar-refractivity contribution in [3.63, 3.8) is 0 Å². The average Bonchev–Trinajstić information content (AvgIpc) is 2.39. The zero-order valence-electron chi connectivity index (χ0n) is 10.6. The Morgan fingerprint density at radius 2 is 2.00 bits per heavy atom. The van der Waals surface area contributed by atoms with Crippen molar-refractivity contribution in [2.75, 3.05) is 31.0 Å². The molecule has 18 heavy (non-hydrogen) atoms. The van der Waals surface area contributed by atoms with Gasteiger partial charge in [0, 0.05) is 17.9 Å². The molecule has 0 aliphatic heterocycles. The van der Waals surface area contributed by atoms with E-state index in [0.717, 1.165) is 29.4 Å². The molecule has 0 aliphatic rings. The molecule has 0 amide bonds. The van der Waals surface area contributed by atoms with E-state index in [-0.39, 0.29) is 5.97 Å². The molecule has 2 N–H and O–H groups in total. The van der Waals surface area contributed by atoms with Gasteiger partial charge in [0.15, 0.2) is 0 Å². The van der Waals surface area contributed by atoms with Gasteiger partial charge in [-0.1, -0.05) is 0 Å². The van der Waals surface area contributed by atoms with Crippen LogP contribution in [-0.4, -0.2) is 31.2 Å². The first-order valence-electron chi connectivity index (χ1n) is 5.85. The summed E-state index contributed by atoms with van der Waals surface area (Å²) in [4.78, 5) is 10.8. The number of rotatable bonds is 8. The number of benzene rings is 1. The molecule has 0 heterocycles. The molecule has 0 spiro atoms. The third-order valence-electron chi connectivity index (χ3n) is 2.27. The molecule has 0 saturated heterocycles. The van der Waals surface area contributed by atoms with Crippen molar-refractivity contribution in [3.05, 3.63) is 24.3 Å². The SMILES string of the molecule is COC(=O)CCCSCCOc1ccc(N)cc1. The lowest BCUT2D eigenvalue weighted by Crippen LogP contribution is -2.03. The highest BCUT2D eigenvalue weighted by atomic mass is 32.2. The molecule has 0 unspecified atom stereocenters. The molecule has 0 atom stereocenters. The standard InChI is InChI=1S/C13H19NO3S/c1-16-13(15)3-2-9-18-10-8-17-12-6-4-11(14)5-7-12/h4-7H,2-3,8-10,14H2,1H3. The number of ether oxygens (including phenoxy) is 2. The molecular formula is C13H19NO3S. The Balaban J connectivity index is 1.99. The Hall–Kier alpha value is -1.36. The fourth-order valence-corrected chi connectivity index (χ4v) is 2.06. The van der Waals surface area contributed by atoms with Gasteiger partial charge in [-0.3, -0.25) is 4.79 Å². The van der Waals surface area contributed by atoms with Crippen LogP contribution in [0.15, 0.2) is 24.3 Å². The Kier molecular flexibility index (Phi) is 7.10. The average molecular weight is 269 g/mol. The zero-order valence-corrected chi connectivity index (χ0v) is 11.4. The van der Waals surface area contributed by atoms with Crippen LogP contribution in [0, 0.1) is 0 Å². The van der Waals surface area contributed by atoms with Gasteiger partial charge in [-0.2, -0.15) is 11.8 Å². The van der Waals surface area contributed by atoms with E-state index < -0.39 is 0 Å². The van der Waals surface area contributed by atoms with Crippen molar-refractivity contribution in [2.45, 2.75) is 12.8 Å². The van der Waals surface area contributed by atoms with Crippen molar-refractivity contribution in [1.29, 1.82) is 0 Å². The van der Waals surface area contributed by atoms with E-state index in [2.05, 4.69) is 4.74 Å². The first kappa shape index (κ1) is 14.7. The number of carbonyl (C=O) groups excluding carboxylic acids is 1. The lowest BCUT2D eigenvalue weighted by molar-refractivity contribution is -0.140. The monoisotopic (exact) mass is 269 g/mol. The van der Waals surface area contributed by atoms with Crippen LogP contribution < -0.4 is 10.5 Å². The van der Waals surface area contributed by atoms with Gasteiger partial charge in [0.1, 0.15) is 5.75 Å². The Morgan fingerprint density at radius 3 is 2.67 bits per heavy atom. The topological polar surface area (TPSA) is 61.5 Å². The number of methoxy groups -OCH3 is 1. The van der Waals surface area contributed by atoms with Crippen molar-refractivity contribution in [2.24, 2.45) is 0 Å². The minimum atomic E-state index is -0.145. The van der Waals surface area contributed by atoms with E-state index in [4.69, 9.17) is 10.5 Å². The number of esters is 1. The maximum Gasteiger partial charge on any atom is 0.305 e. The molecule has 1 aromatic rings. The molecule has 5 heteroatoms. The number of nitrogen functional groups attached to an aromatic ring is 1. The Morgan fingerprint density at radius 1 is 1.28 bits per heavy atom. The maximum absolute atomic E-state index is 10.8. The minimum Gasteiger partial charge on any atom is -0.493 e. The number of hydrogen-bond donors (Lipinski definition) is 1. The van der Waals surface area contributed by atoms with Crippen LogP contribution >= 0.6 is 11.8 Å². The lowest BCUT2D eigenvalue weighted by Gasteiger charge is -2.06. The van der Waals surface area contributed by atoms with Gasteiger partial charge in [-0.15, -0.1) is 0 Å². The quantitative estimate of drug-likeness (QED) is 0.446. The summed E-state index contributed by atoms with van der Waals surface area (Å²) >= 11 is 1.77. The number of carbonyl (C=O) groups is 1. The lowest BCUT2D eigenvalue weighted by atomic mass is 10.3. The van der Waals surface area contributed by atoms with Gasteiger partial charge in [0.05, 0.1) is 13.7 Å². The van der Waals surface area contributed by atoms with E-state index in [1.165, 1.54) is 7.11 Å². The smallest absolute Gasteiger partial charge is 0.305 e. The molecular weight excluding hydrogens is 250 g/mol. The summed E-state index contributed by atoms with van der Waals surface area (Å²) in [7, 11) is 1.41. The van der Waals surface area contributed by atoms with Gasteiger partial charge >= 0.3 is 5.97 Å². The van der Waals surface area contributed by atoms with Gasteiger partial charge in [-0.05, 0) is 36.4 Å². The van der Waals surface area contributed by atoms with Gasteiger partial charge < -0.3 is 15.2 Å². The van der Waals surface area contributed by atoms with Crippen LogP contribution in [0.4, 0.5) is 5.69 Å². The number of thioether (sulfide) groups is 1. The predicted octanol–water partition coefficient (Wildman–Crippen LogP) is 2.33. The second kappa shape index (κ2) is 8.69. The van der Waals surface area contributed by atoms with E-state index >= 15 is 0 Å². The van der Waals surface area contributed by atoms with Crippen LogP contribution in [0.1, 0.15) is 12.8 Å². The summed E-state index contributed by atoms with van der Waals surface area (Å²) in [5.74, 6) is 2.54. The van der Waals surface area contributed by atoms with E-state index in [0.29, 0.717) is 13.0 Å². The van der Waals surface area contributed by atoms with Gasteiger partial charge in [-0.25, -0.2) is 0 Å². The van der Waals surface area contributed by atoms with Crippen LogP contribution in [0.3, 0.4) is 0 Å². The first-order chi connectivity index (χ1) is 8.72. The predicted molar refractivity (Wildman–Crippen MR) is 74.9 cm³/mol. The van der Waals surface area contributed by atoms with E-state index in [1.54, 1.807) is 11.8 Å². The van der Waals surface area contributed by atoms with Crippen molar-refractivity contribution < 1.29 is 14.3 Å². The summed E-state index contributed by atoms with van der Waals surface area (Å²) < 4.78 is 10.1. The molecule has 0 aromatic heterocycles. The largest absolute Gasteiger partial charge is 0.493 e. The number of hydrogen-bond acceptors (Lipinski definition) is 5. The molecule has 0 fully saturated rings. The minimum absolute atomic E-state index is 0.145. The van der Waals surface area contributed by atoms with Crippen LogP contribution in [0.25, 0.3) is 0 Å². The van der Waals surface area contributed by atoms with Crippen LogP contribution in [0.5, 0.6) is 5.75 Å². The summed E-state index contributed by atoms with van der Waals surface area (Å²) in [5, 5.41) is 0. The summed E-state index contributed by atoms with van der Waals surface area (Å²) in [5.41, 5.74) is 6.31. The fraction of sp³-hybridized carbons (Fsp3) is 0.462. The zero-order chi connectivity index (χ0) is 13.2. The second-order valence-electron chi connectivity index (χ2n) is 3.71. The molecule has 0 radical (unpaired) electrons. The molecule has 1 rings (SSSR count). The first-order valence-corrected chi connectivity index (χ1v) is 7.00. The van der Waals surface area contributed by atoms with E-state index in [1.807, 2.05) is 24.3 Å². The second-order valence-corrected chi connectivity index (χ2v) is 4.93. The fourth-order valence-electron chi connectivity index (χ4n) is 1.31. The summed E-state index contributed by atoms with van der Waals surface area (Å²) in [6, 6.07) is 7.35. The normalized spacial score (nSPS) is 10.1. The van der Waals surface area contributed by atoms with Crippen molar-refractivity contribution in [3.8, 4) is 5.75 Å². The van der Waals surface area contributed by atoms with Gasteiger partial charge in [0.2, 0.25) is 0 Å². The Labute approximate surface area is 112 Å². The maximum atomic E-state index is 10.8. The highest BCUT2D eigenvalue weighted by Gasteiger charge is 1.99. The number of nitrogens with two attached hydrogens (primary N) is 1. The van der Waals surface area contributed by atoms with Crippen LogP contribution in [-0.2, 0) is 9.53 Å². The summed E-state index contributed by atoms with van der Waals surface area (Å²) in [6.45, 7) is 0.660. The van der Waals surface area contributed by atoms with E-state index in [9.17, 15) is 4.79 Å². The summed E-state index contributed by atoms with van der Waals surface area (Å²) in [6.07, 6.45) is 1.33. The van der Waals surface area contributed by atoms with Crippen molar-refractivity contribution >= 4 is 23.4 Å². The van der Waals surface area contributed by atoms with Gasteiger partial charge in [0.25, 0.3) is 0 Å². The molecule has 100 valence electrons. The molecule has 1 aromatic carbocycles.